The molecule has 1 atom stereocenters. The van der Waals surface area contributed by atoms with Gasteiger partial charge in [0.15, 0.2) is 5.43 Å². The van der Waals surface area contributed by atoms with Crippen molar-refractivity contribution in [1.29, 1.82) is 0 Å². The van der Waals surface area contributed by atoms with Gasteiger partial charge in [-0.25, -0.2) is 0 Å². The van der Waals surface area contributed by atoms with Crippen molar-refractivity contribution in [2.24, 2.45) is 0 Å². The highest BCUT2D eigenvalue weighted by Crippen LogP contribution is 2.38. The molecule has 0 fully saturated rings. The maximum atomic E-state index is 13.5. The summed E-state index contributed by atoms with van der Waals surface area (Å²) in [6.07, 6.45) is 0.0550. The van der Waals surface area contributed by atoms with Gasteiger partial charge in [0.05, 0.1) is 23.1 Å². The number of carbonyl (C=O) groups excluding carboxylic acids is 1. The molecule has 1 aromatic heterocycles. The van der Waals surface area contributed by atoms with Gasteiger partial charge in [-0.2, -0.15) is 0 Å². The molecule has 0 bridgehead atoms. The van der Waals surface area contributed by atoms with E-state index in [-0.39, 0.29) is 23.2 Å². The fraction of sp³-hybridized carbons (Fsp3) is 0.333. The minimum absolute atomic E-state index is 0.0550. The Kier molecular flexibility index (Phi) is 5.77. The van der Waals surface area contributed by atoms with Crippen LogP contribution in [-0.2, 0) is 0 Å². The fourth-order valence-electron chi connectivity index (χ4n) is 3.88. The number of hydrogen-bond acceptors (Lipinski definition) is 5. The third-order valence-electron chi connectivity index (χ3n) is 5.28. The van der Waals surface area contributed by atoms with Crippen LogP contribution < -0.4 is 10.2 Å². The van der Waals surface area contributed by atoms with E-state index in [1.807, 2.05) is 57.1 Å². The summed E-state index contributed by atoms with van der Waals surface area (Å²) in [7, 11) is 3.89. The summed E-state index contributed by atoms with van der Waals surface area (Å²) >= 11 is 6.12. The number of nitrogens with zero attached hydrogens (tertiary/aromatic N) is 2. The maximum absolute atomic E-state index is 13.5. The maximum Gasteiger partial charge on any atom is 0.290 e. The minimum atomic E-state index is -0.532. The van der Waals surface area contributed by atoms with Gasteiger partial charge in [0.2, 0.25) is 5.76 Å². The van der Waals surface area contributed by atoms with Gasteiger partial charge in [0.25, 0.3) is 5.91 Å². The summed E-state index contributed by atoms with van der Waals surface area (Å²) in [6.45, 7) is 5.04. The summed E-state index contributed by atoms with van der Waals surface area (Å²) in [5.74, 6) is 0.560. The third kappa shape index (κ3) is 4.05. The molecular formula is C24H25ClN2O4. The second-order valence-corrected chi connectivity index (χ2v) is 8.69. The van der Waals surface area contributed by atoms with Gasteiger partial charge in [-0.15, -0.1) is 0 Å². The first-order valence-corrected chi connectivity index (χ1v) is 10.6. The molecule has 2 aromatic carbocycles. The molecule has 3 aromatic rings. The summed E-state index contributed by atoms with van der Waals surface area (Å²) in [5, 5.41) is 0.818. The zero-order chi connectivity index (χ0) is 22.3. The van der Waals surface area contributed by atoms with Gasteiger partial charge in [-0.3, -0.25) is 9.59 Å². The first kappa shape index (κ1) is 21.4. The molecule has 4 rings (SSSR count). The van der Waals surface area contributed by atoms with Crippen LogP contribution in [0.3, 0.4) is 0 Å². The van der Waals surface area contributed by atoms with Crippen LogP contribution >= 0.6 is 11.6 Å². The van der Waals surface area contributed by atoms with Crippen molar-refractivity contribution in [3.05, 3.63) is 74.6 Å². The van der Waals surface area contributed by atoms with Crippen LogP contribution in [0.1, 0.15) is 41.6 Å². The molecule has 0 unspecified atom stereocenters. The van der Waals surface area contributed by atoms with E-state index in [0.717, 1.165) is 11.3 Å². The molecule has 2 heterocycles. The second-order valence-electron chi connectivity index (χ2n) is 8.25. The van der Waals surface area contributed by atoms with Gasteiger partial charge < -0.3 is 19.0 Å². The zero-order valence-electron chi connectivity index (χ0n) is 18.0. The van der Waals surface area contributed by atoms with E-state index in [9.17, 15) is 9.59 Å². The van der Waals surface area contributed by atoms with E-state index in [1.165, 1.54) is 0 Å². The molecule has 1 aliphatic rings. The van der Waals surface area contributed by atoms with Crippen molar-refractivity contribution >= 4 is 28.5 Å². The normalized spacial score (nSPS) is 15.9. The van der Waals surface area contributed by atoms with E-state index in [4.69, 9.17) is 20.8 Å². The molecule has 0 saturated carbocycles. The van der Waals surface area contributed by atoms with E-state index in [0.29, 0.717) is 34.6 Å². The smallest absolute Gasteiger partial charge is 0.290 e. The Balaban J connectivity index is 1.86. The van der Waals surface area contributed by atoms with E-state index < -0.39 is 6.04 Å². The molecule has 0 saturated heterocycles. The van der Waals surface area contributed by atoms with E-state index in [1.54, 1.807) is 23.1 Å². The Bertz CT molecular complexity index is 1180. The van der Waals surface area contributed by atoms with Crippen LogP contribution in [0.2, 0.25) is 5.02 Å². The van der Waals surface area contributed by atoms with Gasteiger partial charge >= 0.3 is 0 Å². The first-order valence-electron chi connectivity index (χ1n) is 10.2. The fourth-order valence-corrected chi connectivity index (χ4v) is 4.05. The predicted molar refractivity (Wildman–Crippen MR) is 121 cm³/mol. The molecular weight excluding hydrogens is 416 g/mol. The quantitative estimate of drug-likeness (QED) is 0.570. The number of ether oxygens (including phenoxy) is 1. The van der Waals surface area contributed by atoms with Crippen molar-refractivity contribution in [3.63, 3.8) is 0 Å². The van der Waals surface area contributed by atoms with Crippen LogP contribution in [0.4, 0.5) is 0 Å². The number of benzene rings is 2. The van der Waals surface area contributed by atoms with Crippen molar-refractivity contribution < 1.29 is 13.9 Å². The van der Waals surface area contributed by atoms with Crippen LogP contribution in [0.25, 0.3) is 11.0 Å². The highest BCUT2D eigenvalue weighted by molar-refractivity contribution is 6.31. The minimum Gasteiger partial charge on any atom is -0.491 e. The molecule has 162 valence electrons. The lowest BCUT2D eigenvalue weighted by molar-refractivity contribution is 0.0716. The standard InChI is InChI=1S/C24H25ClN2O4/c1-14(2)30-17-8-5-15(6-9-17)21-20-22(28)18-13-16(25)7-10-19(18)31-23(20)24(29)27(21)12-11-26(3)4/h5-10,13-14,21H,11-12H2,1-4H3/t21-/m1/s1. The Hall–Kier alpha value is -2.83. The van der Waals surface area contributed by atoms with Gasteiger partial charge in [-0.05, 0) is 63.8 Å². The molecule has 7 heteroatoms. The summed E-state index contributed by atoms with van der Waals surface area (Å²) in [4.78, 5) is 30.5. The number of rotatable bonds is 6. The number of halogens is 1. The average molecular weight is 441 g/mol. The molecule has 0 aliphatic carbocycles. The first-order chi connectivity index (χ1) is 14.8. The predicted octanol–water partition coefficient (Wildman–Crippen LogP) is 4.34. The van der Waals surface area contributed by atoms with Crippen LogP contribution in [0.5, 0.6) is 5.75 Å². The second kappa shape index (κ2) is 8.36. The zero-order valence-corrected chi connectivity index (χ0v) is 18.8. The molecule has 1 aliphatic heterocycles. The Morgan fingerprint density at radius 2 is 1.84 bits per heavy atom. The average Bonchev–Trinajstić information content (AvgIpc) is 2.99. The molecule has 0 radical (unpaired) electrons. The van der Waals surface area contributed by atoms with Gasteiger partial charge in [0, 0.05) is 18.1 Å². The van der Waals surface area contributed by atoms with Crippen LogP contribution in [-0.4, -0.2) is 49.0 Å². The van der Waals surface area contributed by atoms with Crippen molar-refractivity contribution in [2.45, 2.75) is 26.0 Å². The van der Waals surface area contributed by atoms with Crippen molar-refractivity contribution in [3.8, 4) is 5.75 Å². The number of amides is 1. The molecule has 1 amide bonds. The summed E-state index contributed by atoms with van der Waals surface area (Å²) in [6, 6.07) is 11.9. The van der Waals surface area contributed by atoms with Crippen molar-refractivity contribution in [2.75, 3.05) is 27.2 Å². The summed E-state index contributed by atoms with van der Waals surface area (Å²) < 4.78 is 11.7. The Labute approximate surface area is 186 Å². The lowest BCUT2D eigenvalue weighted by atomic mass is 9.98. The van der Waals surface area contributed by atoms with Gasteiger partial charge in [-0.1, -0.05) is 23.7 Å². The number of hydrogen-bond donors (Lipinski definition) is 0. The highest BCUT2D eigenvalue weighted by atomic mass is 35.5. The highest BCUT2D eigenvalue weighted by Gasteiger charge is 2.42. The number of fused-ring (bicyclic) bond motifs is 2. The Morgan fingerprint density at radius 1 is 1.13 bits per heavy atom. The lowest BCUT2D eigenvalue weighted by Crippen LogP contribution is -2.35. The monoisotopic (exact) mass is 440 g/mol. The third-order valence-corrected chi connectivity index (χ3v) is 5.52. The van der Waals surface area contributed by atoms with Crippen LogP contribution in [0, 0.1) is 0 Å². The molecule has 31 heavy (non-hydrogen) atoms. The van der Waals surface area contributed by atoms with E-state index in [2.05, 4.69) is 0 Å². The largest absolute Gasteiger partial charge is 0.491 e. The van der Waals surface area contributed by atoms with E-state index >= 15 is 0 Å². The van der Waals surface area contributed by atoms with Crippen molar-refractivity contribution in [1.82, 2.24) is 9.80 Å². The SMILES string of the molecule is CC(C)Oc1ccc([C@@H]2c3c(oc4ccc(Cl)cc4c3=O)C(=O)N2CCN(C)C)cc1. The lowest BCUT2D eigenvalue weighted by Gasteiger charge is -2.26. The van der Waals surface area contributed by atoms with Gasteiger partial charge in [0.1, 0.15) is 11.3 Å². The molecule has 0 N–H and O–H groups in total. The molecule has 6 nitrogen and oxygen atoms in total. The number of likely N-dealkylation sites (N-methyl/N-ethyl adjacent to an activating group) is 1. The summed E-state index contributed by atoms with van der Waals surface area (Å²) in [5.41, 5.74) is 1.31. The molecule has 0 spiro atoms. The topological polar surface area (TPSA) is 63.0 Å². The van der Waals surface area contributed by atoms with Crippen LogP contribution in [0.15, 0.2) is 51.7 Å². The number of carbonyl (C=O) groups is 1. The Morgan fingerprint density at radius 3 is 2.48 bits per heavy atom.